The van der Waals surface area contributed by atoms with E-state index in [0.717, 1.165) is 45.8 Å². The highest BCUT2D eigenvalue weighted by Crippen LogP contribution is 2.28. The lowest BCUT2D eigenvalue weighted by Crippen LogP contribution is -2.33. The molecule has 184 valence electrons. The third kappa shape index (κ3) is 6.21. The van der Waals surface area contributed by atoms with E-state index in [2.05, 4.69) is 75.8 Å². The van der Waals surface area contributed by atoms with Gasteiger partial charge in [-0.3, -0.25) is 9.67 Å². The van der Waals surface area contributed by atoms with Crippen LogP contribution in [-0.2, 0) is 4.87 Å². The van der Waals surface area contributed by atoms with Crippen LogP contribution in [-0.4, -0.2) is 52.6 Å². The summed E-state index contributed by atoms with van der Waals surface area (Å²) in [5, 5.41) is 9.74. The van der Waals surface area contributed by atoms with Crippen molar-refractivity contribution in [2.45, 2.75) is 38.0 Å². The van der Waals surface area contributed by atoms with Crippen molar-refractivity contribution < 1.29 is 0 Å². The van der Waals surface area contributed by atoms with Gasteiger partial charge in [0.15, 0.2) is 0 Å². The van der Waals surface area contributed by atoms with E-state index in [-0.39, 0.29) is 4.87 Å². The van der Waals surface area contributed by atoms with E-state index in [1.807, 2.05) is 56.3 Å². The van der Waals surface area contributed by atoms with Gasteiger partial charge in [0.05, 0.1) is 16.8 Å². The van der Waals surface area contributed by atoms with Gasteiger partial charge in [-0.2, -0.15) is 5.10 Å². The molecule has 1 saturated heterocycles. The molecule has 0 radical (unpaired) electrons. The number of hydrogen-bond donors (Lipinski definition) is 2. The highest BCUT2D eigenvalue weighted by atomic mass is 32.1. The zero-order valence-electron chi connectivity index (χ0n) is 21.2. The summed E-state index contributed by atoms with van der Waals surface area (Å²) in [6.45, 7) is 10.2. The molecule has 0 amide bonds. The first-order chi connectivity index (χ1) is 16.8. The van der Waals surface area contributed by atoms with E-state index < -0.39 is 0 Å². The second-order valence-corrected chi connectivity index (χ2v) is 10.9. The van der Waals surface area contributed by atoms with E-state index >= 15 is 0 Å². The second-order valence-electron chi connectivity index (χ2n) is 9.77. The van der Waals surface area contributed by atoms with E-state index in [1.54, 1.807) is 0 Å². The Kier molecular flexibility index (Phi) is 7.77. The van der Waals surface area contributed by atoms with Crippen LogP contribution in [0.4, 0.5) is 5.82 Å². The second kappa shape index (κ2) is 10.8. The summed E-state index contributed by atoms with van der Waals surface area (Å²) in [5.41, 5.74) is 4.67. The van der Waals surface area contributed by atoms with Crippen LogP contribution < -0.4 is 5.32 Å². The van der Waals surface area contributed by atoms with E-state index in [9.17, 15) is 0 Å². The van der Waals surface area contributed by atoms with Crippen molar-refractivity contribution in [1.82, 2.24) is 19.7 Å². The highest BCUT2D eigenvalue weighted by molar-refractivity contribution is 7.81. The minimum atomic E-state index is -0.307. The Balaban J connectivity index is 0.000000179. The molecule has 1 fully saturated rings. The molecule has 1 aromatic carbocycles. The molecular formula is C28H36N6S. The summed E-state index contributed by atoms with van der Waals surface area (Å²) in [7, 11) is 4.07. The van der Waals surface area contributed by atoms with Crippen LogP contribution in [0.5, 0.6) is 0 Å². The number of nitrogens with zero attached hydrogens (tertiary/aromatic N) is 5. The van der Waals surface area contributed by atoms with Crippen molar-refractivity contribution in [3.8, 4) is 11.1 Å². The average Bonchev–Trinajstić information content (AvgIpc) is 3.54. The Bertz CT molecular complexity index is 1240. The van der Waals surface area contributed by atoms with Crippen LogP contribution in [0.2, 0.25) is 0 Å². The van der Waals surface area contributed by atoms with Gasteiger partial charge in [0.25, 0.3) is 0 Å². The molecule has 7 heteroatoms. The maximum Gasteiger partial charge on any atom is 0.126 e. The van der Waals surface area contributed by atoms with Crippen LogP contribution in [0.15, 0.2) is 72.3 Å². The molecule has 5 rings (SSSR count). The topological polar surface area (TPSA) is 58.3 Å². The summed E-state index contributed by atoms with van der Waals surface area (Å²) in [4.78, 5) is 11.0. The first kappa shape index (κ1) is 25.2. The Morgan fingerprint density at radius 3 is 2.51 bits per heavy atom. The summed E-state index contributed by atoms with van der Waals surface area (Å²) < 4.78 is 1.86. The number of benzene rings is 1. The zero-order valence-corrected chi connectivity index (χ0v) is 22.1. The Morgan fingerprint density at radius 2 is 1.89 bits per heavy atom. The number of piperidine rings is 1. The van der Waals surface area contributed by atoms with Gasteiger partial charge in [0.2, 0.25) is 0 Å². The minimum absolute atomic E-state index is 0.307. The van der Waals surface area contributed by atoms with E-state index in [1.165, 1.54) is 31.6 Å². The molecular weight excluding hydrogens is 452 g/mol. The summed E-state index contributed by atoms with van der Waals surface area (Å²) in [6, 6.07) is 8.38. The molecule has 6 nitrogen and oxygen atoms in total. The maximum atomic E-state index is 4.60. The van der Waals surface area contributed by atoms with Gasteiger partial charge in [0.1, 0.15) is 5.82 Å². The van der Waals surface area contributed by atoms with Gasteiger partial charge in [0, 0.05) is 48.4 Å². The number of thiol groups is 1. The van der Waals surface area contributed by atoms with Gasteiger partial charge in [-0.25, -0.2) is 4.98 Å². The molecule has 0 aliphatic carbocycles. The van der Waals surface area contributed by atoms with Gasteiger partial charge in [-0.1, -0.05) is 24.8 Å². The molecule has 0 saturated carbocycles. The lowest BCUT2D eigenvalue weighted by atomic mass is 9.91. The first-order valence-electron chi connectivity index (χ1n) is 12.2. The summed E-state index contributed by atoms with van der Waals surface area (Å²) >= 11 is 4.54. The number of anilines is 1. The number of aliphatic imine (C=N–C) groups is 1. The molecule has 0 spiro atoms. The van der Waals surface area contributed by atoms with Crippen molar-refractivity contribution in [3.63, 3.8) is 0 Å². The molecule has 2 aliphatic heterocycles. The average molecular weight is 489 g/mol. The third-order valence-electron chi connectivity index (χ3n) is 6.65. The zero-order chi connectivity index (χ0) is 25.0. The van der Waals surface area contributed by atoms with Gasteiger partial charge in [-0.15, -0.1) is 12.6 Å². The van der Waals surface area contributed by atoms with Crippen molar-refractivity contribution >= 4 is 34.9 Å². The van der Waals surface area contributed by atoms with Gasteiger partial charge in [-0.05, 0) is 76.0 Å². The summed E-state index contributed by atoms with van der Waals surface area (Å²) in [5.74, 6) is 1.59. The molecule has 3 aromatic rings. The molecule has 2 aromatic heterocycles. The van der Waals surface area contributed by atoms with Crippen molar-refractivity contribution in [3.05, 3.63) is 67.3 Å². The van der Waals surface area contributed by atoms with Crippen LogP contribution in [0, 0.1) is 5.92 Å². The van der Waals surface area contributed by atoms with Gasteiger partial charge >= 0.3 is 0 Å². The first-order valence-corrected chi connectivity index (χ1v) is 12.7. The molecule has 0 atom stereocenters. The fourth-order valence-electron chi connectivity index (χ4n) is 4.42. The standard InChI is InChI=1S/C16H18N4S.C12H18N2/c1-16(2,21)20-10-14(9-19-20)11-4-5-12-8-18-15(17-3)7-13(12)6-11;1-3-11-4-5-12(13-11)10-6-8-14(2)9-7-10/h4-10,21H,1-3H3,(H,17,18);3-4,10H,1,5-9H2,2H3. The highest BCUT2D eigenvalue weighted by Gasteiger charge is 2.22. The van der Waals surface area contributed by atoms with Crippen LogP contribution in [0.25, 0.3) is 21.9 Å². The molecule has 35 heavy (non-hydrogen) atoms. The monoisotopic (exact) mass is 488 g/mol. The van der Waals surface area contributed by atoms with Crippen molar-refractivity contribution in [1.29, 1.82) is 0 Å². The maximum absolute atomic E-state index is 4.60. The van der Waals surface area contributed by atoms with E-state index in [0.29, 0.717) is 0 Å². The lowest BCUT2D eigenvalue weighted by Gasteiger charge is -2.28. The number of likely N-dealkylation sites (tertiary alicyclic amines) is 1. The van der Waals surface area contributed by atoms with Crippen LogP contribution in [0.1, 0.15) is 33.1 Å². The Labute approximate surface area is 214 Å². The predicted octanol–water partition coefficient (Wildman–Crippen LogP) is 6.01. The number of nitrogens with one attached hydrogen (secondary N) is 1. The fraction of sp³-hybridized carbons (Fsp3) is 0.393. The molecule has 1 N–H and O–H groups in total. The molecule has 0 unspecified atom stereocenters. The number of allylic oxidation sites excluding steroid dienone is 2. The van der Waals surface area contributed by atoms with Gasteiger partial charge < -0.3 is 10.2 Å². The smallest absolute Gasteiger partial charge is 0.126 e. The minimum Gasteiger partial charge on any atom is -0.373 e. The number of pyridine rings is 1. The number of hydrogen-bond acceptors (Lipinski definition) is 6. The van der Waals surface area contributed by atoms with E-state index in [4.69, 9.17) is 0 Å². The van der Waals surface area contributed by atoms with Crippen LogP contribution in [0.3, 0.4) is 0 Å². The number of fused-ring (bicyclic) bond motifs is 1. The normalized spacial score (nSPS) is 16.9. The number of aromatic nitrogens is 3. The number of rotatable bonds is 5. The third-order valence-corrected chi connectivity index (χ3v) is 6.85. The fourth-order valence-corrected chi connectivity index (χ4v) is 4.53. The largest absolute Gasteiger partial charge is 0.373 e. The van der Waals surface area contributed by atoms with Crippen LogP contribution >= 0.6 is 12.6 Å². The molecule has 0 bridgehead atoms. The SMILES string of the molecule is C=CC1=CCC(C2CCN(C)CC2)=N1.CNc1cc2cc(-c3cnn(C(C)(C)S)c3)ccc2cn1. The van der Waals surface area contributed by atoms with Crippen molar-refractivity contribution in [2.75, 3.05) is 32.5 Å². The van der Waals surface area contributed by atoms with Crippen molar-refractivity contribution in [2.24, 2.45) is 10.9 Å². The molecule has 2 aliphatic rings. The molecule has 4 heterocycles. The quantitative estimate of drug-likeness (QED) is 0.432. The Hall–Kier alpha value is -2.90. The lowest BCUT2D eigenvalue weighted by molar-refractivity contribution is 0.251. The Morgan fingerprint density at radius 1 is 1.11 bits per heavy atom. The predicted molar refractivity (Wildman–Crippen MR) is 151 cm³/mol. The summed E-state index contributed by atoms with van der Waals surface area (Å²) in [6.07, 6.45) is 13.4.